The molecule has 1 aliphatic heterocycles. The van der Waals surface area contributed by atoms with Gasteiger partial charge >= 0.3 is 5.97 Å². The van der Waals surface area contributed by atoms with Gasteiger partial charge in [-0.15, -0.1) is 0 Å². The van der Waals surface area contributed by atoms with Crippen LogP contribution in [-0.2, 0) is 13.0 Å². The van der Waals surface area contributed by atoms with Crippen molar-refractivity contribution >= 4 is 22.8 Å². The zero-order valence-corrected chi connectivity index (χ0v) is 22.2. The number of aromatic nitrogens is 1. The summed E-state index contributed by atoms with van der Waals surface area (Å²) in [4.78, 5) is 32.1. The van der Waals surface area contributed by atoms with Gasteiger partial charge in [-0.05, 0) is 65.8 Å². The van der Waals surface area contributed by atoms with Gasteiger partial charge in [-0.1, -0.05) is 54.6 Å². The fourth-order valence-electron chi connectivity index (χ4n) is 5.20. The molecule has 4 N–H and O–H groups in total. The zero-order valence-electron chi connectivity index (χ0n) is 22.2. The van der Waals surface area contributed by atoms with Gasteiger partial charge in [0, 0.05) is 25.0 Å². The number of nitrogens with zero attached hydrogens (tertiary/aromatic N) is 2. The van der Waals surface area contributed by atoms with E-state index in [1.54, 1.807) is 12.1 Å². The number of carboxylic acid groups (broad SMARTS) is 1. The van der Waals surface area contributed by atoms with Crippen LogP contribution in [0.2, 0.25) is 0 Å². The summed E-state index contributed by atoms with van der Waals surface area (Å²) in [5.74, 6) is -1.69. The normalized spacial score (nSPS) is 15.2. The summed E-state index contributed by atoms with van der Waals surface area (Å²) in [7, 11) is 0. The number of likely N-dealkylation sites (tertiary alicyclic amines) is 1. The third-order valence-electron chi connectivity index (χ3n) is 7.38. The molecule has 2 heterocycles. The molecule has 206 valence electrons. The molecule has 4 aromatic rings. The number of rotatable bonds is 9. The van der Waals surface area contributed by atoms with E-state index < -0.39 is 17.9 Å². The van der Waals surface area contributed by atoms with Crippen LogP contribution in [0.15, 0.2) is 78.9 Å². The van der Waals surface area contributed by atoms with Gasteiger partial charge in [0.2, 0.25) is 0 Å². The molecule has 3 aromatic carbocycles. The Morgan fingerprint density at radius 3 is 2.38 bits per heavy atom. The van der Waals surface area contributed by atoms with Gasteiger partial charge in [-0.3, -0.25) is 9.69 Å². The number of aromatic carboxylic acids is 1. The molecule has 8 heteroatoms. The first-order chi connectivity index (χ1) is 19.4. The highest BCUT2D eigenvalue weighted by Gasteiger charge is 2.20. The van der Waals surface area contributed by atoms with E-state index in [-0.39, 0.29) is 24.0 Å². The van der Waals surface area contributed by atoms with E-state index in [2.05, 4.69) is 27.3 Å². The molecule has 0 spiro atoms. The van der Waals surface area contributed by atoms with Gasteiger partial charge in [0.15, 0.2) is 0 Å². The van der Waals surface area contributed by atoms with Crippen LogP contribution in [0.1, 0.15) is 44.8 Å². The summed E-state index contributed by atoms with van der Waals surface area (Å²) in [6.45, 7) is 2.24. The van der Waals surface area contributed by atoms with Crippen molar-refractivity contribution in [2.75, 3.05) is 19.7 Å². The standard InChI is InChI=1S/C32H33N3O5/c36-20-25(16-21-5-2-1-3-6-21)33-31(38)30-18-28(32(39)40)27-17-24(9-10-29(27)34-30)23-8-4-7-22(15-23)19-35-13-11-26(37)12-14-35/h1-10,15,17-18,25-26,36-37H,11-14,16,19-20H2,(H,33,38)(H,39,40). The smallest absolute Gasteiger partial charge is 0.336 e. The lowest BCUT2D eigenvalue weighted by Crippen LogP contribution is -2.39. The Hall–Kier alpha value is -4.11. The van der Waals surface area contributed by atoms with Crippen molar-refractivity contribution in [2.45, 2.75) is 38.0 Å². The first-order valence-corrected chi connectivity index (χ1v) is 13.5. The van der Waals surface area contributed by atoms with E-state index in [4.69, 9.17) is 0 Å². The van der Waals surface area contributed by atoms with Crippen LogP contribution in [0.3, 0.4) is 0 Å². The van der Waals surface area contributed by atoms with Crippen LogP contribution in [0, 0.1) is 0 Å². The minimum atomic E-state index is -1.15. The van der Waals surface area contributed by atoms with E-state index in [1.165, 1.54) is 6.07 Å². The Morgan fingerprint density at radius 2 is 1.65 bits per heavy atom. The number of carboxylic acids is 1. The number of carbonyl (C=O) groups is 2. The molecule has 0 radical (unpaired) electrons. The molecule has 1 aliphatic rings. The van der Waals surface area contributed by atoms with Gasteiger partial charge in [0.25, 0.3) is 5.91 Å². The van der Waals surface area contributed by atoms with Gasteiger partial charge in [-0.25, -0.2) is 9.78 Å². The number of hydrogen-bond donors (Lipinski definition) is 4. The summed E-state index contributed by atoms with van der Waals surface area (Å²) >= 11 is 0. The molecule has 1 saturated heterocycles. The molecule has 1 fully saturated rings. The van der Waals surface area contributed by atoms with Crippen molar-refractivity contribution < 1.29 is 24.9 Å². The summed E-state index contributed by atoms with van der Waals surface area (Å²) in [6, 6.07) is 23.8. The fourth-order valence-corrected chi connectivity index (χ4v) is 5.20. The number of aliphatic hydroxyl groups is 2. The molecule has 1 amide bonds. The Bertz CT molecular complexity index is 1500. The number of piperidine rings is 1. The minimum Gasteiger partial charge on any atom is -0.478 e. The number of nitrogens with one attached hydrogen (secondary N) is 1. The van der Waals surface area contributed by atoms with Crippen molar-refractivity contribution in [3.8, 4) is 11.1 Å². The summed E-state index contributed by atoms with van der Waals surface area (Å²) in [5.41, 5.74) is 4.30. The second kappa shape index (κ2) is 12.4. The lowest BCUT2D eigenvalue weighted by Gasteiger charge is -2.29. The van der Waals surface area contributed by atoms with Crippen LogP contribution in [0.25, 0.3) is 22.0 Å². The minimum absolute atomic E-state index is 0.0105. The topological polar surface area (TPSA) is 123 Å². The van der Waals surface area contributed by atoms with Crippen LogP contribution in [-0.4, -0.2) is 68.9 Å². The Labute approximate surface area is 232 Å². The average molecular weight is 540 g/mol. The number of fused-ring (bicyclic) bond motifs is 1. The molecule has 1 atom stereocenters. The summed E-state index contributed by atoms with van der Waals surface area (Å²) in [5, 5.41) is 32.8. The van der Waals surface area contributed by atoms with Crippen LogP contribution < -0.4 is 5.32 Å². The predicted octanol–water partition coefficient (Wildman–Crippen LogP) is 3.89. The number of hydrogen-bond acceptors (Lipinski definition) is 6. The van der Waals surface area contributed by atoms with Crippen molar-refractivity contribution in [1.82, 2.24) is 15.2 Å². The second-order valence-corrected chi connectivity index (χ2v) is 10.3. The second-order valence-electron chi connectivity index (χ2n) is 10.3. The lowest BCUT2D eigenvalue weighted by molar-refractivity contribution is 0.0698. The van der Waals surface area contributed by atoms with Crippen molar-refractivity contribution in [3.63, 3.8) is 0 Å². The predicted molar refractivity (Wildman–Crippen MR) is 153 cm³/mol. The monoisotopic (exact) mass is 539 g/mol. The zero-order chi connectivity index (χ0) is 28.1. The van der Waals surface area contributed by atoms with Crippen LogP contribution in [0.5, 0.6) is 0 Å². The van der Waals surface area contributed by atoms with E-state index in [0.29, 0.717) is 17.3 Å². The summed E-state index contributed by atoms with van der Waals surface area (Å²) < 4.78 is 0. The SMILES string of the molecule is O=C(NC(CO)Cc1ccccc1)c1cc(C(=O)O)c2cc(-c3cccc(CN4CCC(O)CC4)c3)ccc2n1. The number of amides is 1. The average Bonchev–Trinajstić information content (AvgIpc) is 2.97. The number of aliphatic hydroxyl groups excluding tert-OH is 2. The van der Waals surface area contributed by atoms with Crippen molar-refractivity contribution in [1.29, 1.82) is 0 Å². The first kappa shape index (κ1) is 27.5. The van der Waals surface area contributed by atoms with Crippen LogP contribution >= 0.6 is 0 Å². The van der Waals surface area contributed by atoms with E-state index >= 15 is 0 Å². The molecule has 0 bridgehead atoms. The molecule has 5 rings (SSSR count). The molecule has 8 nitrogen and oxygen atoms in total. The maximum absolute atomic E-state index is 13.0. The van der Waals surface area contributed by atoms with E-state index in [0.717, 1.165) is 54.7 Å². The maximum atomic E-state index is 13.0. The number of pyridine rings is 1. The highest BCUT2D eigenvalue weighted by Crippen LogP contribution is 2.28. The molecule has 0 aliphatic carbocycles. The highest BCUT2D eigenvalue weighted by atomic mass is 16.4. The Kier molecular flexibility index (Phi) is 8.50. The molecule has 1 unspecified atom stereocenters. The van der Waals surface area contributed by atoms with Crippen molar-refractivity contribution in [2.24, 2.45) is 0 Å². The molecule has 0 saturated carbocycles. The summed E-state index contributed by atoms with van der Waals surface area (Å²) in [6.07, 6.45) is 1.78. The third-order valence-corrected chi connectivity index (χ3v) is 7.38. The Morgan fingerprint density at radius 1 is 0.925 bits per heavy atom. The number of benzene rings is 3. The molecule has 1 aromatic heterocycles. The van der Waals surface area contributed by atoms with Gasteiger partial charge in [0.05, 0.1) is 29.8 Å². The molecular formula is C32H33N3O5. The molecule has 40 heavy (non-hydrogen) atoms. The fraction of sp³-hybridized carbons (Fsp3) is 0.281. The lowest BCUT2D eigenvalue weighted by atomic mass is 9.98. The van der Waals surface area contributed by atoms with Gasteiger partial charge in [0.1, 0.15) is 5.69 Å². The highest BCUT2D eigenvalue weighted by molar-refractivity contribution is 6.06. The van der Waals surface area contributed by atoms with Crippen LogP contribution in [0.4, 0.5) is 0 Å². The molecular weight excluding hydrogens is 506 g/mol. The van der Waals surface area contributed by atoms with Gasteiger partial charge in [-0.2, -0.15) is 0 Å². The maximum Gasteiger partial charge on any atom is 0.336 e. The number of carbonyl (C=O) groups excluding carboxylic acids is 1. The quantitative estimate of drug-likeness (QED) is 0.255. The van der Waals surface area contributed by atoms with E-state index in [9.17, 15) is 24.9 Å². The van der Waals surface area contributed by atoms with Gasteiger partial charge < -0.3 is 20.6 Å². The third kappa shape index (κ3) is 6.54. The Balaban J connectivity index is 1.38. The largest absolute Gasteiger partial charge is 0.478 e. The van der Waals surface area contributed by atoms with Crippen molar-refractivity contribution in [3.05, 3.63) is 101 Å². The first-order valence-electron chi connectivity index (χ1n) is 13.5. The van der Waals surface area contributed by atoms with E-state index in [1.807, 2.05) is 48.5 Å².